The molecule has 0 aliphatic carbocycles. The Morgan fingerprint density at radius 3 is 2.39 bits per heavy atom. The molecule has 1 amide bonds. The molecule has 5 nitrogen and oxygen atoms in total. The van der Waals surface area contributed by atoms with Gasteiger partial charge < -0.3 is 15.2 Å². The van der Waals surface area contributed by atoms with Gasteiger partial charge in [0.1, 0.15) is 19.5 Å². The fraction of sp³-hybridized carbons (Fsp3) is 0.167. The summed E-state index contributed by atoms with van der Waals surface area (Å²) in [5, 5.41) is 3.06. The van der Waals surface area contributed by atoms with Gasteiger partial charge in [-0.3, -0.25) is 4.79 Å². The number of imidazole rings is 1. The zero-order valence-electron chi connectivity index (χ0n) is 17.9. The summed E-state index contributed by atoms with van der Waals surface area (Å²) < 4.78 is 13.3. The lowest BCUT2D eigenvalue weighted by molar-refractivity contribution is 0.102. The van der Waals surface area contributed by atoms with Crippen LogP contribution in [0, 0.1) is 5.82 Å². The molecule has 0 fully saturated rings. The number of benzene rings is 3. The summed E-state index contributed by atoms with van der Waals surface area (Å²) in [7, 11) is 1.99. The van der Waals surface area contributed by atoms with E-state index in [1.165, 1.54) is 12.1 Å². The third-order valence-electron chi connectivity index (χ3n) is 5.38. The highest BCUT2D eigenvalue weighted by Gasteiger charge is 2.16. The van der Waals surface area contributed by atoms with Gasteiger partial charge in [0.25, 0.3) is 5.91 Å². The fourth-order valence-corrected chi connectivity index (χ4v) is 3.62. The van der Waals surface area contributed by atoms with E-state index in [0.29, 0.717) is 17.1 Å². The molecule has 1 aromatic heterocycles. The van der Waals surface area contributed by atoms with Crippen molar-refractivity contribution >= 4 is 41.6 Å². The Labute approximate surface area is 181 Å². The maximum absolute atomic E-state index is 13.3. The number of rotatable bonds is 6. The van der Waals surface area contributed by atoms with Gasteiger partial charge in [0.15, 0.2) is 0 Å². The van der Waals surface area contributed by atoms with Crippen LogP contribution >= 0.6 is 0 Å². The van der Waals surface area contributed by atoms with E-state index in [2.05, 4.69) is 34.0 Å². The van der Waals surface area contributed by atoms with Crippen LogP contribution in [0.1, 0.15) is 24.2 Å². The molecule has 0 aliphatic heterocycles. The van der Waals surface area contributed by atoms with Gasteiger partial charge >= 0.3 is 0 Å². The van der Waals surface area contributed by atoms with Crippen molar-refractivity contribution in [2.24, 2.45) is 0 Å². The SMILES string of the molecule is Bc1ccc(C(=O)Nc2cc3nc(-c4ccc(F)cc4)[nH]c3cc2N(CC)CC)cc1. The number of H-pyrrole nitrogens is 1. The molecule has 0 bridgehead atoms. The van der Waals surface area contributed by atoms with Crippen molar-refractivity contribution in [3.63, 3.8) is 0 Å². The van der Waals surface area contributed by atoms with Gasteiger partial charge in [-0.2, -0.15) is 0 Å². The molecule has 3 aromatic carbocycles. The van der Waals surface area contributed by atoms with Crippen molar-refractivity contribution in [3.05, 3.63) is 72.0 Å². The average molecular weight is 414 g/mol. The zero-order valence-corrected chi connectivity index (χ0v) is 17.9. The smallest absolute Gasteiger partial charge is 0.255 e. The highest BCUT2D eigenvalue weighted by Crippen LogP contribution is 2.32. The monoisotopic (exact) mass is 414 g/mol. The number of amides is 1. The predicted octanol–water partition coefficient (Wildman–Crippen LogP) is 3.73. The van der Waals surface area contributed by atoms with Crippen LogP contribution in [0.15, 0.2) is 60.7 Å². The molecular weight excluding hydrogens is 390 g/mol. The highest BCUT2D eigenvalue weighted by atomic mass is 19.1. The van der Waals surface area contributed by atoms with Crippen LogP contribution < -0.4 is 15.7 Å². The number of carbonyl (C=O) groups excluding carboxylic acids is 1. The molecule has 4 aromatic rings. The van der Waals surface area contributed by atoms with Crippen LogP contribution in [-0.4, -0.2) is 36.8 Å². The predicted molar refractivity (Wildman–Crippen MR) is 128 cm³/mol. The Kier molecular flexibility index (Phi) is 5.76. The van der Waals surface area contributed by atoms with Crippen LogP contribution in [-0.2, 0) is 0 Å². The quantitative estimate of drug-likeness (QED) is 0.473. The number of halogens is 1. The Bertz CT molecular complexity index is 1220. The van der Waals surface area contributed by atoms with E-state index in [1.54, 1.807) is 12.1 Å². The summed E-state index contributed by atoms with van der Waals surface area (Å²) in [5.41, 5.74) is 5.72. The van der Waals surface area contributed by atoms with Gasteiger partial charge in [0.2, 0.25) is 0 Å². The van der Waals surface area contributed by atoms with Gasteiger partial charge in [-0.1, -0.05) is 29.7 Å². The zero-order chi connectivity index (χ0) is 22.0. The van der Waals surface area contributed by atoms with E-state index in [1.807, 2.05) is 44.2 Å². The largest absolute Gasteiger partial charge is 0.370 e. The molecule has 1 heterocycles. The molecule has 0 spiro atoms. The Hall–Kier alpha value is -3.61. The summed E-state index contributed by atoms with van der Waals surface area (Å²) in [6.07, 6.45) is 0. The normalized spacial score (nSPS) is 10.9. The highest BCUT2D eigenvalue weighted by molar-refractivity contribution is 6.32. The lowest BCUT2D eigenvalue weighted by Gasteiger charge is -2.24. The molecule has 0 aliphatic rings. The fourth-order valence-electron chi connectivity index (χ4n) is 3.62. The van der Waals surface area contributed by atoms with E-state index >= 15 is 0 Å². The minimum atomic E-state index is -0.287. The van der Waals surface area contributed by atoms with Crippen molar-refractivity contribution in [3.8, 4) is 11.4 Å². The summed E-state index contributed by atoms with van der Waals surface area (Å²) in [4.78, 5) is 23.1. The van der Waals surface area contributed by atoms with E-state index in [4.69, 9.17) is 0 Å². The van der Waals surface area contributed by atoms with Crippen LogP contribution in [0.5, 0.6) is 0 Å². The number of hydrogen-bond acceptors (Lipinski definition) is 3. The van der Waals surface area contributed by atoms with Crippen LogP contribution in [0.3, 0.4) is 0 Å². The number of hydrogen-bond donors (Lipinski definition) is 2. The molecule has 0 radical (unpaired) electrons. The van der Waals surface area contributed by atoms with E-state index in [9.17, 15) is 9.18 Å². The Balaban J connectivity index is 1.76. The first-order valence-electron chi connectivity index (χ1n) is 10.4. The van der Waals surface area contributed by atoms with Crippen molar-refractivity contribution < 1.29 is 9.18 Å². The van der Waals surface area contributed by atoms with Crippen LogP contribution in [0.25, 0.3) is 22.4 Å². The molecule has 0 saturated heterocycles. The lowest BCUT2D eigenvalue weighted by Crippen LogP contribution is -2.24. The van der Waals surface area contributed by atoms with E-state index in [-0.39, 0.29) is 11.7 Å². The van der Waals surface area contributed by atoms with Crippen LogP contribution in [0.2, 0.25) is 0 Å². The van der Waals surface area contributed by atoms with E-state index < -0.39 is 0 Å². The first-order valence-corrected chi connectivity index (χ1v) is 10.4. The molecule has 156 valence electrons. The molecule has 0 saturated carbocycles. The maximum Gasteiger partial charge on any atom is 0.255 e. The molecule has 0 atom stereocenters. The van der Waals surface area contributed by atoms with Gasteiger partial charge in [0, 0.05) is 24.2 Å². The second-order valence-electron chi connectivity index (χ2n) is 7.47. The van der Waals surface area contributed by atoms with Gasteiger partial charge in [-0.15, -0.1) is 0 Å². The Morgan fingerprint density at radius 2 is 1.74 bits per heavy atom. The molecule has 31 heavy (non-hydrogen) atoms. The third-order valence-corrected chi connectivity index (χ3v) is 5.38. The number of anilines is 2. The Morgan fingerprint density at radius 1 is 1.06 bits per heavy atom. The minimum absolute atomic E-state index is 0.165. The number of nitrogens with zero attached hydrogens (tertiary/aromatic N) is 2. The summed E-state index contributed by atoms with van der Waals surface area (Å²) >= 11 is 0. The number of carbonyl (C=O) groups is 1. The standard InChI is InChI=1S/C24H24BFN4O/c1-3-30(4-2)22-14-20-19(27-23(28-20)15-7-11-18(26)12-8-15)13-21(22)29-24(31)16-5-9-17(25)10-6-16/h5-14H,3-4,25H2,1-2H3,(H,27,28)(H,29,31). The average Bonchev–Trinajstić information content (AvgIpc) is 3.18. The lowest BCUT2D eigenvalue weighted by atomic mass is 9.95. The first-order chi connectivity index (χ1) is 15.0. The summed E-state index contributed by atoms with van der Waals surface area (Å²) in [5.74, 6) is 0.203. The number of aromatic amines is 1. The van der Waals surface area contributed by atoms with Gasteiger partial charge in [-0.25, -0.2) is 9.37 Å². The van der Waals surface area contributed by atoms with Crippen molar-refractivity contribution in [2.75, 3.05) is 23.3 Å². The molecule has 0 unspecified atom stereocenters. The molecule has 7 heteroatoms. The number of nitrogens with one attached hydrogen (secondary N) is 2. The van der Waals surface area contributed by atoms with Crippen LogP contribution in [0.4, 0.5) is 15.8 Å². The van der Waals surface area contributed by atoms with Gasteiger partial charge in [-0.05, 0) is 50.2 Å². The van der Waals surface area contributed by atoms with Crippen molar-refractivity contribution in [1.29, 1.82) is 0 Å². The second kappa shape index (κ2) is 8.64. The minimum Gasteiger partial charge on any atom is -0.370 e. The van der Waals surface area contributed by atoms with Crippen molar-refractivity contribution in [1.82, 2.24) is 9.97 Å². The summed E-state index contributed by atoms with van der Waals surface area (Å²) in [6.45, 7) is 5.76. The first kappa shape index (κ1) is 20.7. The third kappa shape index (κ3) is 4.31. The van der Waals surface area contributed by atoms with Gasteiger partial charge in [0.05, 0.1) is 22.4 Å². The maximum atomic E-state index is 13.3. The topological polar surface area (TPSA) is 61.0 Å². The summed E-state index contributed by atoms with van der Waals surface area (Å²) in [6, 6.07) is 17.6. The van der Waals surface area contributed by atoms with Crippen molar-refractivity contribution in [2.45, 2.75) is 13.8 Å². The number of fused-ring (bicyclic) bond motifs is 1. The number of aromatic nitrogens is 2. The molecule has 4 rings (SSSR count). The molecular formula is C24H24BFN4O. The second-order valence-corrected chi connectivity index (χ2v) is 7.47. The van der Waals surface area contributed by atoms with E-state index in [0.717, 1.165) is 40.8 Å². The molecule has 2 N–H and O–H groups in total.